The van der Waals surface area contributed by atoms with E-state index in [0.717, 1.165) is 25.7 Å². The third-order valence-electron chi connectivity index (χ3n) is 7.99. The van der Waals surface area contributed by atoms with Gasteiger partial charge in [-0.1, -0.05) is 194 Å². The molecule has 0 bridgehead atoms. The van der Waals surface area contributed by atoms with Crippen molar-refractivity contribution >= 4 is 11.9 Å². The summed E-state index contributed by atoms with van der Waals surface area (Å²) in [5, 5.41) is 17.0. The molecule has 2 N–H and O–H groups in total. The monoisotopic (exact) mass is 696 g/mol. The van der Waals surface area contributed by atoms with Gasteiger partial charge in [0.05, 0.1) is 0 Å². The van der Waals surface area contributed by atoms with E-state index < -0.39 is 11.9 Å². The minimum atomic E-state index is -0.653. The van der Waals surface area contributed by atoms with Gasteiger partial charge in [-0.05, 0) is 12.8 Å². The molecule has 0 aliphatic rings. The van der Waals surface area contributed by atoms with Gasteiger partial charge in [0.15, 0.2) is 0 Å². The zero-order chi connectivity index (χ0) is 29.8. The summed E-state index contributed by atoms with van der Waals surface area (Å²) in [6, 6.07) is 0. The molecule has 0 fully saturated rings. The second-order valence-corrected chi connectivity index (χ2v) is 12.2. The Morgan fingerprint density at radius 2 is 0.452 bits per heavy atom. The van der Waals surface area contributed by atoms with Crippen molar-refractivity contribution in [3.8, 4) is 0 Å². The number of aliphatic carboxylic acids is 2. The fourth-order valence-electron chi connectivity index (χ4n) is 5.30. The molecule has 244 valence electrons. The molecule has 0 heterocycles. The largest absolute Gasteiger partial charge is 0.481 e. The summed E-state index contributed by atoms with van der Waals surface area (Å²) in [7, 11) is 0. The van der Waals surface area contributed by atoms with Crippen molar-refractivity contribution < 1.29 is 58.8 Å². The van der Waals surface area contributed by atoms with E-state index in [-0.39, 0.29) is 39.0 Å². The summed E-state index contributed by atoms with van der Waals surface area (Å²) in [6.45, 7) is 4.54. The maximum Gasteiger partial charge on any atom is 0.303 e. The van der Waals surface area contributed by atoms with Gasteiger partial charge in [0.25, 0.3) is 0 Å². The van der Waals surface area contributed by atoms with E-state index in [4.69, 9.17) is 10.2 Å². The van der Waals surface area contributed by atoms with Crippen LogP contribution in [0.4, 0.5) is 0 Å². The molecule has 0 saturated carbocycles. The zero-order valence-electron chi connectivity index (χ0n) is 28.8. The van der Waals surface area contributed by atoms with Gasteiger partial charge >= 0.3 is 11.9 Å². The fraction of sp³-hybridized carbons (Fsp3) is 0.944. The molecule has 0 rings (SSSR count). The molecule has 0 amide bonds. The molecule has 0 aliphatic carbocycles. The summed E-state index contributed by atoms with van der Waals surface area (Å²) in [5.74, 6) is -1.31. The summed E-state index contributed by atoms with van der Waals surface area (Å²) >= 11 is 0. The van der Waals surface area contributed by atoms with Crippen LogP contribution in [0.1, 0.15) is 219 Å². The first kappa shape index (κ1) is 49.1. The molecule has 0 spiro atoms. The third-order valence-corrected chi connectivity index (χ3v) is 7.99. The molecule has 0 atom stereocenters. The SMILES string of the molecule is CCCCCCCCCCCCCCCCCC(=O)O.CCCCCCCCCCCCCCCCCC(=O)O.[Zn].[Zn]. The minimum Gasteiger partial charge on any atom is -0.481 e. The van der Waals surface area contributed by atoms with Crippen LogP contribution in [0.5, 0.6) is 0 Å². The van der Waals surface area contributed by atoms with Gasteiger partial charge in [-0.3, -0.25) is 9.59 Å². The second-order valence-electron chi connectivity index (χ2n) is 12.2. The first-order valence-corrected chi connectivity index (χ1v) is 18.0. The van der Waals surface area contributed by atoms with Crippen LogP contribution in [0.2, 0.25) is 0 Å². The average Bonchev–Trinajstić information content (AvgIpc) is 2.93. The van der Waals surface area contributed by atoms with Gasteiger partial charge in [0, 0.05) is 51.8 Å². The predicted molar refractivity (Wildman–Crippen MR) is 174 cm³/mol. The molecule has 0 radical (unpaired) electrons. The first-order valence-electron chi connectivity index (χ1n) is 18.0. The smallest absolute Gasteiger partial charge is 0.303 e. The molecular formula is C36H72O4Zn2. The van der Waals surface area contributed by atoms with Gasteiger partial charge in [-0.2, -0.15) is 0 Å². The Balaban J connectivity index is -0.000000328. The Bertz CT molecular complexity index is 459. The van der Waals surface area contributed by atoms with Crippen molar-refractivity contribution in [1.82, 2.24) is 0 Å². The van der Waals surface area contributed by atoms with Crippen LogP contribution in [-0.2, 0) is 48.5 Å². The number of rotatable bonds is 32. The van der Waals surface area contributed by atoms with Gasteiger partial charge in [-0.15, -0.1) is 0 Å². The Labute approximate surface area is 288 Å². The van der Waals surface area contributed by atoms with E-state index in [0.29, 0.717) is 12.8 Å². The van der Waals surface area contributed by atoms with E-state index in [1.54, 1.807) is 0 Å². The number of hydrogen-bond acceptors (Lipinski definition) is 2. The molecule has 0 aromatic carbocycles. The van der Waals surface area contributed by atoms with Crippen LogP contribution in [0, 0.1) is 0 Å². The Hall–Kier alpha value is 0.187. The van der Waals surface area contributed by atoms with Crippen molar-refractivity contribution in [2.24, 2.45) is 0 Å². The molecule has 0 aromatic rings. The van der Waals surface area contributed by atoms with E-state index >= 15 is 0 Å². The van der Waals surface area contributed by atoms with Crippen LogP contribution in [0.3, 0.4) is 0 Å². The van der Waals surface area contributed by atoms with Gasteiger partial charge in [0.1, 0.15) is 0 Å². The molecule has 0 unspecified atom stereocenters. The van der Waals surface area contributed by atoms with Crippen LogP contribution in [0.15, 0.2) is 0 Å². The molecule has 0 aliphatic heterocycles. The number of carboxylic acid groups (broad SMARTS) is 2. The van der Waals surface area contributed by atoms with E-state index in [1.165, 1.54) is 167 Å². The van der Waals surface area contributed by atoms with E-state index in [2.05, 4.69) is 13.8 Å². The van der Waals surface area contributed by atoms with Crippen molar-refractivity contribution in [1.29, 1.82) is 0 Å². The van der Waals surface area contributed by atoms with Crippen LogP contribution >= 0.6 is 0 Å². The van der Waals surface area contributed by atoms with E-state index in [1.807, 2.05) is 0 Å². The van der Waals surface area contributed by atoms with Gasteiger partial charge in [-0.25, -0.2) is 0 Å². The number of carboxylic acids is 2. The standard InChI is InChI=1S/2C18H36O2.2Zn/c2*1-2-3-4-5-6-7-8-9-10-11-12-13-14-15-16-17-18(19)20;;/h2*2-17H2,1H3,(H,19,20);;. The molecule has 6 heteroatoms. The average molecular weight is 700 g/mol. The Kier molecular flexibility index (Phi) is 53.3. The summed E-state index contributed by atoms with van der Waals surface area (Å²) < 4.78 is 0. The summed E-state index contributed by atoms with van der Waals surface area (Å²) in [6.07, 6.45) is 40.4. The summed E-state index contributed by atoms with van der Waals surface area (Å²) in [5.41, 5.74) is 0. The maximum atomic E-state index is 10.3. The molecule has 4 nitrogen and oxygen atoms in total. The quantitative estimate of drug-likeness (QED) is 0.0541. The second kappa shape index (κ2) is 45.6. The fourth-order valence-corrected chi connectivity index (χ4v) is 5.30. The van der Waals surface area contributed by atoms with E-state index in [9.17, 15) is 9.59 Å². The van der Waals surface area contributed by atoms with Crippen LogP contribution in [0.25, 0.3) is 0 Å². The van der Waals surface area contributed by atoms with Crippen LogP contribution < -0.4 is 0 Å². The molecule has 42 heavy (non-hydrogen) atoms. The van der Waals surface area contributed by atoms with Crippen molar-refractivity contribution in [3.05, 3.63) is 0 Å². The predicted octanol–water partition coefficient (Wildman–Crippen LogP) is 12.7. The number of carbonyl (C=O) groups is 2. The number of unbranched alkanes of at least 4 members (excludes halogenated alkanes) is 28. The third kappa shape index (κ3) is 52.8. The summed E-state index contributed by atoms with van der Waals surface area (Å²) in [4.78, 5) is 20.7. The van der Waals surface area contributed by atoms with Crippen molar-refractivity contribution in [2.75, 3.05) is 0 Å². The maximum absolute atomic E-state index is 10.3. The van der Waals surface area contributed by atoms with Crippen molar-refractivity contribution in [3.63, 3.8) is 0 Å². The molecular weight excluding hydrogens is 627 g/mol. The number of hydrogen-bond donors (Lipinski definition) is 2. The minimum absolute atomic E-state index is 0. The Morgan fingerprint density at radius 1 is 0.310 bits per heavy atom. The van der Waals surface area contributed by atoms with Gasteiger partial charge in [0.2, 0.25) is 0 Å². The molecule has 0 aromatic heterocycles. The Morgan fingerprint density at radius 3 is 0.595 bits per heavy atom. The molecule has 0 saturated heterocycles. The first-order chi connectivity index (χ1) is 19.5. The van der Waals surface area contributed by atoms with Gasteiger partial charge < -0.3 is 10.2 Å². The normalized spacial score (nSPS) is 10.3. The van der Waals surface area contributed by atoms with Crippen LogP contribution in [-0.4, -0.2) is 22.2 Å². The topological polar surface area (TPSA) is 74.6 Å². The zero-order valence-corrected chi connectivity index (χ0v) is 34.7. The van der Waals surface area contributed by atoms with Crippen molar-refractivity contribution in [2.45, 2.75) is 219 Å².